The van der Waals surface area contributed by atoms with Crippen LogP contribution in [0.1, 0.15) is 13.3 Å². The molecule has 0 aliphatic carbocycles. The van der Waals surface area contributed by atoms with Crippen LogP contribution in [0.3, 0.4) is 0 Å². The number of carbonyl (C=O) groups is 1. The number of amides is 1. The average Bonchev–Trinajstić information content (AvgIpc) is 2.58. The van der Waals surface area contributed by atoms with Gasteiger partial charge in [-0.2, -0.15) is 0 Å². The highest BCUT2D eigenvalue weighted by molar-refractivity contribution is 7.14. The van der Waals surface area contributed by atoms with E-state index in [1.807, 2.05) is 6.92 Å². The van der Waals surface area contributed by atoms with Gasteiger partial charge in [-0.3, -0.25) is 4.79 Å². The van der Waals surface area contributed by atoms with Gasteiger partial charge < -0.3 is 10.6 Å². The molecule has 0 aliphatic heterocycles. The van der Waals surface area contributed by atoms with Gasteiger partial charge in [-0.25, -0.2) is 4.98 Å². The van der Waals surface area contributed by atoms with Crippen LogP contribution in [0.5, 0.6) is 0 Å². The average molecular weight is 234 g/mol. The molecule has 0 atom stereocenters. The maximum atomic E-state index is 11.2. The summed E-state index contributed by atoms with van der Waals surface area (Å²) < 4.78 is 0. The van der Waals surface area contributed by atoms with Crippen molar-refractivity contribution in [2.75, 3.05) is 18.4 Å². The third-order valence-electron chi connectivity index (χ3n) is 1.45. The van der Waals surface area contributed by atoms with Gasteiger partial charge in [-0.15, -0.1) is 11.3 Å². The molecular weight excluding hydrogens is 222 g/mol. The van der Waals surface area contributed by atoms with Gasteiger partial charge in [-0.05, 0) is 6.42 Å². The van der Waals surface area contributed by atoms with E-state index in [4.69, 9.17) is 11.6 Å². The summed E-state index contributed by atoms with van der Waals surface area (Å²) in [6, 6.07) is 0. The number of aromatic nitrogens is 1. The van der Waals surface area contributed by atoms with Gasteiger partial charge in [0.15, 0.2) is 5.13 Å². The fourth-order valence-corrected chi connectivity index (χ4v) is 1.65. The first kappa shape index (κ1) is 11.3. The van der Waals surface area contributed by atoms with Crippen LogP contribution in [-0.2, 0) is 4.79 Å². The van der Waals surface area contributed by atoms with Gasteiger partial charge in [0.2, 0.25) is 5.91 Å². The Kier molecular flexibility index (Phi) is 4.69. The molecule has 14 heavy (non-hydrogen) atoms. The molecule has 1 amide bonds. The lowest BCUT2D eigenvalue weighted by molar-refractivity contribution is -0.119. The van der Waals surface area contributed by atoms with Crippen molar-refractivity contribution in [3.63, 3.8) is 0 Å². The summed E-state index contributed by atoms with van der Waals surface area (Å²) in [6.07, 6.45) is 0.939. The summed E-state index contributed by atoms with van der Waals surface area (Å²) in [6.45, 7) is 2.96. The third-order valence-corrected chi connectivity index (χ3v) is 2.57. The molecule has 1 aromatic rings. The highest BCUT2D eigenvalue weighted by Gasteiger charge is 2.02. The molecule has 0 aromatic carbocycles. The normalized spacial score (nSPS) is 9.86. The zero-order valence-electron chi connectivity index (χ0n) is 7.84. The van der Waals surface area contributed by atoms with Crippen molar-refractivity contribution in [2.45, 2.75) is 13.3 Å². The lowest BCUT2D eigenvalue weighted by Crippen LogP contribution is -2.30. The number of rotatable bonds is 5. The Hall–Kier alpha value is -0.810. The van der Waals surface area contributed by atoms with Crippen molar-refractivity contribution >= 4 is 34.0 Å². The van der Waals surface area contributed by atoms with Crippen molar-refractivity contribution in [1.82, 2.24) is 10.3 Å². The SMILES string of the molecule is CCCNC(=O)CNc1nc(Cl)cs1. The number of nitrogens with zero attached hydrogens (tertiary/aromatic N) is 1. The highest BCUT2D eigenvalue weighted by atomic mass is 35.5. The van der Waals surface area contributed by atoms with Crippen LogP contribution in [0.4, 0.5) is 5.13 Å². The quantitative estimate of drug-likeness (QED) is 0.815. The standard InChI is InChI=1S/C8H12ClN3OS/c1-2-3-10-7(13)4-11-8-12-6(9)5-14-8/h5H,2-4H2,1H3,(H,10,13)(H,11,12). The van der Waals surface area contributed by atoms with Gasteiger partial charge in [0.05, 0.1) is 6.54 Å². The molecule has 0 saturated carbocycles. The summed E-state index contributed by atoms with van der Waals surface area (Å²) in [7, 11) is 0. The van der Waals surface area contributed by atoms with Gasteiger partial charge in [0.25, 0.3) is 0 Å². The third kappa shape index (κ3) is 3.93. The Bertz CT molecular complexity index is 303. The Morgan fingerprint density at radius 3 is 3.07 bits per heavy atom. The number of hydrogen-bond donors (Lipinski definition) is 2. The van der Waals surface area contributed by atoms with Crippen LogP contribution < -0.4 is 10.6 Å². The smallest absolute Gasteiger partial charge is 0.239 e. The first-order valence-corrected chi connectivity index (χ1v) is 5.59. The van der Waals surface area contributed by atoms with Crippen LogP contribution in [0.25, 0.3) is 0 Å². The molecule has 0 radical (unpaired) electrons. The molecule has 1 rings (SSSR count). The molecule has 0 aliphatic rings. The second-order valence-corrected chi connectivity index (χ2v) is 3.92. The minimum absolute atomic E-state index is 0.0295. The van der Waals surface area contributed by atoms with Crippen LogP contribution in [0.2, 0.25) is 5.15 Å². The zero-order chi connectivity index (χ0) is 10.4. The molecule has 78 valence electrons. The molecule has 0 spiro atoms. The molecule has 0 saturated heterocycles. The first-order chi connectivity index (χ1) is 6.72. The summed E-state index contributed by atoms with van der Waals surface area (Å²) in [5.74, 6) is -0.0295. The maximum absolute atomic E-state index is 11.2. The number of nitrogens with one attached hydrogen (secondary N) is 2. The summed E-state index contributed by atoms with van der Waals surface area (Å²) >= 11 is 7.00. The predicted molar refractivity (Wildman–Crippen MR) is 58.9 cm³/mol. The Morgan fingerprint density at radius 1 is 1.71 bits per heavy atom. The van der Waals surface area contributed by atoms with E-state index < -0.39 is 0 Å². The monoisotopic (exact) mass is 233 g/mol. The van der Waals surface area contributed by atoms with E-state index in [0.717, 1.165) is 6.42 Å². The van der Waals surface area contributed by atoms with E-state index in [-0.39, 0.29) is 12.5 Å². The topological polar surface area (TPSA) is 54.0 Å². The molecule has 1 aromatic heterocycles. The van der Waals surface area contributed by atoms with E-state index in [1.165, 1.54) is 11.3 Å². The number of thiazole rings is 1. The second-order valence-electron chi connectivity index (χ2n) is 2.68. The molecule has 2 N–H and O–H groups in total. The van der Waals surface area contributed by atoms with Crippen molar-refractivity contribution < 1.29 is 4.79 Å². The van der Waals surface area contributed by atoms with Gasteiger partial charge in [0, 0.05) is 11.9 Å². The Labute approximate surface area is 91.7 Å². The highest BCUT2D eigenvalue weighted by Crippen LogP contribution is 2.18. The largest absolute Gasteiger partial charge is 0.355 e. The number of carbonyl (C=O) groups excluding carboxylic acids is 1. The van der Waals surface area contributed by atoms with Crippen molar-refractivity contribution in [1.29, 1.82) is 0 Å². The zero-order valence-corrected chi connectivity index (χ0v) is 9.41. The Balaban J connectivity index is 2.23. The minimum atomic E-state index is -0.0295. The number of halogens is 1. The van der Waals surface area contributed by atoms with E-state index in [9.17, 15) is 4.79 Å². The number of hydrogen-bond acceptors (Lipinski definition) is 4. The molecule has 1 heterocycles. The van der Waals surface area contributed by atoms with Crippen LogP contribution in [0, 0.1) is 0 Å². The Morgan fingerprint density at radius 2 is 2.50 bits per heavy atom. The molecule has 0 fully saturated rings. The first-order valence-electron chi connectivity index (χ1n) is 4.34. The second kappa shape index (κ2) is 5.82. The molecular formula is C8H12ClN3OS. The summed E-state index contributed by atoms with van der Waals surface area (Å²) in [5, 5.41) is 8.47. The predicted octanol–water partition coefficient (Wildman–Crippen LogP) is 1.73. The maximum Gasteiger partial charge on any atom is 0.239 e. The van der Waals surface area contributed by atoms with E-state index in [1.54, 1.807) is 5.38 Å². The lowest BCUT2D eigenvalue weighted by atomic mass is 10.4. The van der Waals surface area contributed by atoms with Crippen molar-refractivity contribution in [3.05, 3.63) is 10.5 Å². The van der Waals surface area contributed by atoms with Gasteiger partial charge in [-0.1, -0.05) is 18.5 Å². The lowest BCUT2D eigenvalue weighted by Gasteiger charge is -2.03. The van der Waals surface area contributed by atoms with Crippen LogP contribution in [0.15, 0.2) is 5.38 Å². The molecule has 6 heteroatoms. The molecule has 4 nitrogen and oxygen atoms in total. The fraction of sp³-hybridized carbons (Fsp3) is 0.500. The minimum Gasteiger partial charge on any atom is -0.355 e. The summed E-state index contributed by atoms with van der Waals surface area (Å²) in [4.78, 5) is 15.1. The van der Waals surface area contributed by atoms with E-state index in [0.29, 0.717) is 16.8 Å². The van der Waals surface area contributed by atoms with E-state index in [2.05, 4.69) is 15.6 Å². The molecule has 0 bridgehead atoms. The molecule has 0 unspecified atom stereocenters. The van der Waals surface area contributed by atoms with Gasteiger partial charge in [0.1, 0.15) is 5.15 Å². The van der Waals surface area contributed by atoms with Crippen molar-refractivity contribution in [3.8, 4) is 0 Å². The van der Waals surface area contributed by atoms with Crippen LogP contribution >= 0.6 is 22.9 Å². The van der Waals surface area contributed by atoms with Crippen LogP contribution in [-0.4, -0.2) is 24.0 Å². The summed E-state index contributed by atoms with van der Waals surface area (Å²) in [5.41, 5.74) is 0. The van der Waals surface area contributed by atoms with E-state index >= 15 is 0 Å². The van der Waals surface area contributed by atoms with Crippen molar-refractivity contribution in [2.24, 2.45) is 0 Å². The van der Waals surface area contributed by atoms with Gasteiger partial charge >= 0.3 is 0 Å². The fourth-order valence-electron chi connectivity index (χ4n) is 0.818. The number of anilines is 1.